The lowest BCUT2D eigenvalue weighted by Gasteiger charge is -2.05. The number of aromatic nitrogens is 2. The Labute approximate surface area is 124 Å². The first kappa shape index (κ1) is 13.5. The van der Waals surface area contributed by atoms with Gasteiger partial charge in [0.15, 0.2) is 0 Å². The molecule has 0 saturated carbocycles. The van der Waals surface area contributed by atoms with E-state index < -0.39 is 0 Å². The van der Waals surface area contributed by atoms with Crippen molar-refractivity contribution in [3.8, 4) is 0 Å². The van der Waals surface area contributed by atoms with Crippen LogP contribution in [-0.2, 0) is 11.3 Å². The highest BCUT2D eigenvalue weighted by Crippen LogP contribution is 2.16. The molecule has 0 unspecified atom stereocenters. The third-order valence-electron chi connectivity index (χ3n) is 3.10. The number of carbonyl (C=O) groups excluding carboxylic acids is 1. The lowest BCUT2D eigenvalue weighted by atomic mass is 10.3. The number of nitrogens with one attached hydrogen (secondary N) is 1. The second-order valence-electron chi connectivity index (χ2n) is 4.52. The van der Waals surface area contributed by atoms with E-state index in [0.717, 1.165) is 10.2 Å². The molecule has 21 heavy (non-hydrogen) atoms. The minimum absolute atomic E-state index is 0.0343. The number of amides is 1. The zero-order valence-corrected chi connectivity index (χ0v) is 12.0. The Hall–Kier alpha value is -2.47. The summed E-state index contributed by atoms with van der Waals surface area (Å²) in [6.07, 6.45) is 3.49. The first-order chi connectivity index (χ1) is 10.2. The average Bonchev–Trinajstić information content (AvgIpc) is 2.81. The van der Waals surface area contributed by atoms with Crippen molar-refractivity contribution in [2.75, 3.05) is 5.32 Å². The molecule has 0 bridgehead atoms. The number of nitrogens with zero attached hydrogens (tertiary/aromatic N) is 2. The quantitative estimate of drug-likeness (QED) is 0.805. The summed E-state index contributed by atoms with van der Waals surface area (Å²) < 4.78 is 2.59. The Kier molecular flexibility index (Phi) is 3.79. The van der Waals surface area contributed by atoms with E-state index in [2.05, 4.69) is 10.3 Å². The zero-order chi connectivity index (χ0) is 14.7. The molecule has 3 aromatic rings. The number of thiazole rings is 1. The average molecular weight is 299 g/mol. The minimum atomic E-state index is -0.122. The predicted molar refractivity (Wildman–Crippen MR) is 83.6 cm³/mol. The molecule has 5 nitrogen and oxygen atoms in total. The van der Waals surface area contributed by atoms with Crippen molar-refractivity contribution >= 4 is 33.1 Å². The van der Waals surface area contributed by atoms with Crippen LogP contribution in [0.25, 0.3) is 10.2 Å². The summed E-state index contributed by atoms with van der Waals surface area (Å²) in [5.41, 5.74) is 1.58. The maximum atomic E-state index is 12.0. The second-order valence-corrected chi connectivity index (χ2v) is 5.51. The molecular formula is C15H13N3O2S. The third-order valence-corrected chi connectivity index (χ3v) is 4.06. The van der Waals surface area contributed by atoms with Crippen LogP contribution in [0.5, 0.6) is 0 Å². The number of rotatable bonds is 4. The standard InChI is InChI=1S/C15H13N3O2S/c19-14(17-11-5-8-16-9-6-11)7-10-18-12-3-1-2-4-13(12)21-15(18)20/h1-6,8-9H,7,10H2,(H,16,17,19). The van der Waals surface area contributed by atoms with Gasteiger partial charge in [-0.05, 0) is 24.3 Å². The molecule has 2 aromatic heterocycles. The molecule has 1 N–H and O–H groups in total. The highest BCUT2D eigenvalue weighted by Gasteiger charge is 2.09. The number of fused-ring (bicyclic) bond motifs is 1. The Morgan fingerprint density at radius 3 is 2.76 bits per heavy atom. The number of carbonyl (C=O) groups is 1. The van der Waals surface area contributed by atoms with Gasteiger partial charge >= 0.3 is 4.87 Å². The van der Waals surface area contributed by atoms with Gasteiger partial charge in [-0.25, -0.2) is 0 Å². The molecule has 1 aromatic carbocycles. The van der Waals surface area contributed by atoms with E-state index >= 15 is 0 Å². The van der Waals surface area contributed by atoms with Gasteiger partial charge in [0.25, 0.3) is 0 Å². The molecule has 6 heteroatoms. The number of para-hydroxylation sites is 1. The summed E-state index contributed by atoms with van der Waals surface area (Å²) >= 11 is 1.20. The van der Waals surface area contributed by atoms with Crippen LogP contribution in [0.15, 0.2) is 53.6 Å². The lowest BCUT2D eigenvalue weighted by Crippen LogP contribution is -2.19. The Bertz CT molecular complexity index is 824. The van der Waals surface area contributed by atoms with E-state index in [0.29, 0.717) is 12.2 Å². The van der Waals surface area contributed by atoms with Gasteiger partial charge in [0, 0.05) is 31.0 Å². The van der Waals surface area contributed by atoms with Crippen molar-refractivity contribution in [3.63, 3.8) is 0 Å². The van der Waals surface area contributed by atoms with E-state index in [9.17, 15) is 9.59 Å². The third kappa shape index (κ3) is 3.00. The van der Waals surface area contributed by atoms with Crippen LogP contribution in [0.1, 0.15) is 6.42 Å². The number of hydrogen-bond donors (Lipinski definition) is 1. The van der Waals surface area contributed by atoms with Crippen molar-refractivity contribution in [1.82, 2.24) is 9.55 Å². The van der Waals surface area contributed by atoms with Gasteiger partial charge < -0.3 is 5.32 Å². The first-order valence-electron chi connectivity index (χ1n) is 6.52. The van der Waals surface area contributed by atoms with Gasteiger partial charge in [-0.15, -0.1) is 0 Å². The topological polar surface area (TPSA) is 64.0 Å². The molecule has 0 radical (unpaired) electrons. The number of anilines is 1. The smallest absolute Gasteiger partial charge is 0.308 e. The van der Waals surface area contributed by atoms with Crippen LogP contribution in [0.2, 0.25) is 0 Å². The van der Waals surface area contributed by atoms with Gasteiger partial charge in [0.1, 0.15) is 0 Å². The van der Waals surface area contributed by atoms with E-state index in [-0.39, 0.29) is 17.2 Å². The van der Waals surface area contributed by atoms with E-state index in [1.165, 1.54) is 11.3 Å². The molecular weight excluding hydrogens is 286 g/mol. The highest BCUT2D eigenvalue weighted by atomic mass is 32.1. The summed E-state index contributed by atoms with van der Waals surface area (Å²) in [4.78, 5) is 27.7. The molecule has 0 aliphatic heterocycles. The highest BCUT2D eigenvalue weighted by molar-refractivity contribution is 7.16. The number of aryl methyl sites for hydroxylation is 1. The minimum Gasteiger partial charge on any atom is -0.326 e. The summed E-state index contributed by atoms with van der Waals surface area (Å²) in [5.74, 6) is -0.122. The fraction of sp³-hybridized carbons (Fsp3) is 0.133. The predicted octanol–water partition coefficient (Wildman–Crippen LogP) is 2.49. The van der Waals surface area contributed by atoms with Crippen LogP contribution < -0.4 is 10.2 Å². The van der Waals surface area contributed by atoms with Crippen LogP contribution in [0, 0.1) is 0 Å². The van der Waals surface area contributed by atoms with Gasteiger partial charge in [-0.1, -0.05) is 23.5 Å². The van der Waals surface area contributed by atoms with Gasteiger partial charge in [-0.2, -0.15) is 0 Å². The summed E-state index contributed by atoms with van der Waals surface area (Å²) in [6, 6.07) is 11.1. The van der Waals surface area contributed by atoms with Crippen molar-refractivity contribution in [2.45, 2.75) is 13.0 Å². The molecule has 0 saturated heterocycles. The normalized spacial score (nSPS) is 10.7. The van der Waals surface area contributed by atoms with Gasteiger partial charge in [0.05, 0.1) is 10.2 Å². The maximum Gasteiger partial charge on any atom is 0.308 e. The molecule has 106 valence electrons. The van der Waals surface area contributed by atoms with E-state index in [1.807, 2.05) is 24.3 Å². The Balaban J connectivity index is 1.71. The summed E-state index contributed by atoms with van der Waals surface area (Å²) in [7, 11) is 0. The fourth-order valence-electron chi connectivity index (χ4n) is 2.10. The fourth-order valence-corrected chi connectivity index (χ4v) is 3.02. The van der Waals surface area contributed by atoms with Crippen LogP contribution >= 0.6 is 11.3 Å². The van der Waals surface area contributed by atoms with Crippen LogP contribution in [-0.4, -0.2) is 15.5 Å². The zero-order valence-electron chi connectivity index (χ0n) is 11.2. The molecule has 0 atom stereocenters. The van der Waals surface area contributed by atoms with E-state index in [1.54, 1.807) is 29.1 Å². The Morgan fingerprint density at radius 1 is 1.19 bits per heavy atom. The second kappa shape index (κ2) is 5.88. The van der Waals surface area contributed by atoms with Crippen LogP contribution in [0.3, 0.4) is 0 Å². The summed E-state index contributed by atoms with van der Waals surface area (Å²) in [5, 5.41) is 2.78. The van der Waals surface area contributed by atoms with Crippen molar-refractivity contribution in [2.24, 2.45) is 0 Å². The van der Waals surface area contributed by atoms with Crippen LogP contribution in [0.4, 0.5) is 5.69 Å². The number of benzene rings is 1. The summed E-state index contributed by atoms with van der Waals surface area (Å²) in [6.45, 7) is 0.375. The molecule has 2 heterocycles. The van der Waals surface area contributed by atoms with Gasteiger partial charge in [0.2, 0.25) is 5.91 Å². The monoisotopic (exact) mass is 299 g/mol. The molecule has 0 spiro atoms. The molecule has 0 aliphatic carbocycles. The van der Waals surface area contributed by atoms with Crippen molar-refractivity contribution in [3.05, 3.63) is 58.5 Å². The number of pyridine rings is 1. The van der Waals surface area contributed by atoms with Gasteiger partial charge in [-0.3, -0.25) is 19.1 Å². The molecule has 1 amide bonds. The first-order valence-corrected chi connectivity index (χ1v) is 7.34. The maximum absolute atomic E-state index is 12.0. The molecule has 3 rings (SSSR count). The lowest BCUT2D eigenvalue weighted by molar-refractivity contribution is -0.116. The molecule has 0 aliphatic rings. The van der Waals surface area contributed by atoms with Crippen molar-refractivity contribution < 1.29 is 4.79 Å². The van der Waals surface area contributed by atoms with Crippen molar-refractivity contribution in [1.29, 1.82) is 0 Å². The SMILES string of the molecule is O=C(CCn1c(=O)sc2ccccc21)Nc1ccncc1. The largest absolute Gasteiger partial charge is 0.326 e. The van der Waals surface area contributed by atoms with E-state index in [4.69, 9.17) is 0 Å². The number of hydrogen-bond acceptors (Lipinski definition) is 4. The Morgan fingerprint density at radius 2 is 1.95 bits per heavy atom. The molecule has 0 fully saturated rings.